The van der Waals surface area contributed by atoms with Crippen molar-refractivity contribution in [3.63, 3.8) is 0 Å². The van der Waals surface area contributed by atoms with E-state index in [-0.39, 0.29) is 0 Å². The van der Waals surface area contributed by atoms with Crippen LogP contribution in [0, 0.1) is 0 Å². The van der Waals surface area contributed by atoms with E-state index < -0.39 is 0 Å². The van der Waals surface area contributed by atoms with E-state index in [9.17, 15) is 0 Å². The molecule has 2 N–H and O–H groups in total. The van der Waals surface area contributed by atoms with Gasteiger partial charge in [-0.3, -0.25) is 4.90 Å². The first-order valence-corrected chi connectivity index (χ1v) is 10.7. The van der Waals surface area contributed by atoms with Gasteiger partial charge in [-0.1, -0.05) is 47.0 Å². The van der Waals surface area contributed by atoms with Crippen LogP contribution in [0.25, 0.3) is 0 Å². The van der Waals surface area contributed by atoms with Gasteiger partial charge < -0.3 is 19.8 Å². The van der Waals surface area contributed by atoms with Crippen molar-refractivity contribution in [1.82, 2.24) is 15.1 Å². The molecule has 1 saturated heterocycles. The first-order chi connectivity index (χ1) is 14.8. The number of anilines is 3. The van der Waals surface area contributed by atoms with Crippen molar-refractivity contribution in [3.05, 3.63) is 60.2 Å². The maximum Gasteiger partial charge on any atom is 0.321 e. The van der Waals surface area contributed by atoms with Gasteiger partial charge in [-0.05, 0) is 62.2 Å². The summed E-state index contributed by atoms with van der Waals surface area (Å²) in [5, 5.41) is 14.2. The number of para-hydroxylation sites is 1. The summed E-state index contributed by atoms with van der Waals surface area (Å²) < 4.78 is 11.5. The normalized spacial score (nSPS) is 14.4. The van der Waals surface area contributed by atoms with Crippen molar-refractivity contribution in [3.8, 4) is 5.75 Å². The Morgan fingerprint density at radius 1 is 0.933 bits per heavy atom. The number of nitrogens with zero attached hydrogens (tertiary/aromatic N) is 3. The van der Waals surface area contributed by atoms with Gasteiger partial charge in [0.15, 0.2) is 0 Å². The van der Waals surface area contributed by atoms with Gasteiger partial charge in [0.1, 0.15) is 5.75 Å². The minimum Gasteiger partial charge on any atom is -0.494 e. The highest BCUT2D eigenvalue weighted by Crippen LogP contribution is 2.18. The summed E-state index contributed by atoms with van der Waals surface area (Å²) >= 11 is 0. The van der Waals surface area contributed by atoms with Crippen LogP contribution < -0.4 is 15.4 Å². The number of nitrogens with one attached hydrogen (secondary N) is 2. The van der Waals surface area contributed by atoms with Crippen LogP contribution in [-0.2, 0) is 6.54 Å². The van der Waals surface area contributed by atoms with Gasteiger partial charge in [0.2, 0.25) is 0 Å². The third-order valence-electron chi connectivity index (χ3n) is 5.07. The van der Waals surface area contributed by atoms with E-state index in [0.29, 0.717) is 25.2 Å². The predicted molar refractivity (Wildman–Crippen MR) is 118 cm³/mol. The molecule has 0 aliphatic carbocycles. The third kappa shape index (κ3) is 6.22. The lowest BCUT2D eigenvalue weighted by atomic mass is 10.1. The largest absolute Gasteiger partial charge is 0.494 e. The molecule has 0 amide bonds. The number of piperidine rings is 1. The fourth-order valence-corrected chi connectivity index (χ4v) is 3.56. The van der Waals surface area contributed by atoms with E-state index in [4.69, 9.17) is 9.15 Å². The molecular weight excluding hydrogens is 378 g/mol. The molecule has 30 heavy (non-hydrogen) atoms. The zero-order valence-corrected chi connectivity index (χ0v) is 17.2. The minimum absolute atomic E-state index is 0.366. The predicted octanol–water partition coefficient (Wildman–Crippen LogP) is 4.68. The SMILES string of the molecule is c1ccc(Nc2nnc(NCCCOc3cccc(CN4CCCCC4)c3)o2)cc1. The Kier molecular flexibility index (Phi) is 7.17. The molecule has 2 heterocycles. The topological polar surface area (TPSA) is 75.5 Å². The van der Waals surface area contributed by atoms with Gasteiger partial charge in [-0.25, -0.2) is 0 Å². The first-order valence-electron chi connectivity index (χ1n) is 10.7. The lowest BCUT2D eigenvalue weighted by molar-refractivity contribution is 0.220. The first kappa shape index (κ1) is 20.2. The number of rotatable bonds is 10. The van der Waals surface area contributed by atoms with Crippen LogP contribution in [0.1, 0.15) is 31.2 Å². The number of hydrogen-bond acceptors (Lipinski definition) is 7. The number of ether oxygens (including phenoxy) is 1. The monoisotopic (exact) mass is 407 g/mol. The molecule has 0 radical (unpaired) electrons. The van der Waals surface area contributed by atoms with E-state index in [1.54, 1.807) is 0 Å². The average molecular weight is 408 g/mol. The molecule has 1 aromatic heterocycles. The summed E-state index contributed by atoms with van der Waals surface area (Å²) in [5.74, 6) is 0.927. The fraction of sp³-hybridized carbons (Fsp3) is 0.391. The Balaban J connectivity index is 1.15. The Morgan fingerprint density at radius 2 is 1.77 bits per heavy atom. The molecule has 1 aliphatic rings. The van der Waals surface area contributed by atoms with Crippen molar-refractivity contribution in [1.29, 1.82) is 0 Å². The maximum atomic E-state index is 5.92. The molecule has 7 nitrogen and oxygen atoms in total. The van der Waals surface area contributed by atoms with Crippen LogP contribution >= 0.6 is 0 Å². The lowest BCUT2D eigenvalue weighted by Gasteiger charge is -2.26. The van der Waals surface area contributed by atoms with Crippen molar-refractivity contribution in [2.45, 2.75) is 32.2 Å². The van der Waals surface area contributed by atoms with Gasteiger partial charge in [-0.15, -0.1) is 0 Å². The number of benzene rings is 2. The second kappa shape index (κ2) is 10.6. The van der Waals surface area contributed by atoms with E-state index in [2.05, 4.69) is 43.9 Å². The van der Waals surface area contributed by atoms with Crippen LogP contribution in [0.2, 0.25) is 0 Å². The molecular formula is C23H29N5O2. The average Bonchev–Trinajstić information content (AvgIpc) is 3.22. The van der Waals surface area contributed by atoms with E-state index in [1.807, 2.05) is 36.4 Å². The van der Waals surface area contributed by atoms with Gasteiger partial charge in [-0.2, -0.15) is 0 Å². The van der Waals surface area contributed by atoms with Crippen LogP contribution in [0.5, 0.6) is 5.75 Å². The van der Waals surface area contributed by atoms with Crippen molar-refractivity contribution >= 4 is 17.7 Å². The van der Waals surface area contributed by atoms with Gasteiger partial charge in [0, 0.05) is 18.8 Å². The molecule has 158 valence electrons. The van der Waals surface area contributed by atoms with Crippen molar-refractivity contribution in [2.24, 2.45) is 0 Å². The number of hydrogen-bond donors (Lipinski definition) is 2. The quantitative estimate of drug-likeness (QED) is 0.473. The summed E-state index contributed by atoms with van der Waals surface area (Å²) in [5.41, 5.74) is 2.22. The molecule has 3 aromatic rings. The van der Waals surface area contributed by atoms with Gasteiger partial charge in [0.05, 0.1) is 6.61 Å². The standard InChI is InChI=1S/C23H29N5O2/c1-3-10-20(11-4-1)25-23-27-26-22(30-23)24-13-8-16-29-21-12-7-9-19(17-21)18-28-14-5-2-6-15-28/h1,3-4,7,9-12,17H,2,5-6,8,13-16,18H2,(H,24,26)(H,25,27). The lowest BCUT2D eigenvalue weighted by Crippen LogP contribution is -2.29. The van der Waals surface area contributed by atoms with Crippen LogP contribution in [0.4, 0.5) is 17.7 Å². The smallest absolute Gasteiger partial charge is 0.321 e. The number of likely N-dealkylation sites (tertiary alicyclic amines) is 1. The number of aromatic nitrogens is 2. The van der Waals surface area contributed by atoms with Crippen LogP contribution in [-0.4, -0.2) is 41.3 Å². The van der Waals surface area contributed by atoms with Gasteiger partial charge >= 0.3 is 12.0 Å². The summed E-state index contributed by atoms with van der Waals surface area (Å²) in [6.07, 6.45) is 4.82. The van der Waals surface area contributed by atoms with Crippen LogP contribution in [0.3, 0.4) is 0 Å². The highest BCUT2D eigenvalue weighted by molar-refractivity contribution is 5.51. The van der Waals surface area contributed by atoms with E-state index >= 15 is 0 Å². The second-order valence-corrected chi connectivity index (χ2v) is 7.52. The van der Waals surface area contributed by atoms with E-state index in [0.717, 1.165) is 24.4 Å². The Bertz CT molecular complexity index is 893. The van der Waals surface area contributed by atoms with Crippen molar-refractivity contribution in [2.75, 3.05) is 36.9 Å². The molecule has 1 fully saturated rings. The molecule has 0 atom stereocenters. The van der Waals surface area contributed by atoms with Gasteiger partial charge in [0.25, 0.3) is 0 Å². The molecule has 1 aliphatic heterocycles. The zero-order chi connectivity index (χ0) is 20.4. The summed E-state index contributed by atoms with van der Waals surface area (Å²) in [7, 11) is 0. The molecule has 0 saturated carbocycles. The summed E-state index contributed by atoms with van der Waals surface area (Å²) in [6.45, 7) is 4.74. The highest BCUT2D eigenvalue weighted by Gasteiger charge is 2.10. The zero-order valence-electron chi connectivity index (χ0n) is 17.2. The minimum atomic E-state index is 0.366. The molecule has 0 unspecified atom stereocenters. The van der Waals surface area contributed by atoms with Crippen LogP contribution in [0.15, 0.2) is 59.0 Å². The molecule has 7 heteroatoms. The fourth-order valence-electron chi connectivity index (χ4n) is 3.56. The molecule has 2 aromatic carbocycles. The third-order valence-corrected chi connectivity index (χ3v) is 5.07. The van der Waals surface area contributed by atoms with E-state index in [1.165, 1.54) is 37.9 Å². The van der Waals surface area contributed by atoms with Crippen molar-refractivity contribution < 1.29 is 9.15 Å². The molecule has 0 bridgehead atoms. The highest BCUT2D eigenvalue weighted by atomic mass is 16.5. The maximum absolute atomic E-state index is 5.92. The Hall–Kier alpha value is -3.06. The summed E-state index contributed by atoms with van der Waals surface area (Å²) in [6, 6.07) is 18.9. The Labute approximate surface area is 177 Å². The Morgan fingerprint density at radius 3 is 2.63 bits per heavy atom. The molecule has 4 rings (SSSR count). The molecule has 0 spiro atoms. The second-order valence-electron chi connectivity index (χ2n) is 7.52. The summed E-state index contributed by atoms with van der Waals surface area (Å²) in [4.78, 5) is 2.53.